The fraction of sp³-hybridized carbons (Fsp3) is 0.667. The van der Waals surface area contributed by atoms with Gasteiger partial charge in [0.1, 0.15) is 5.75 Å². The van der Waals surface area contributed by atoms with E-state index in [1.807, 2.05) is 38.1 Å². The SMILES string of the molecule is CCCC1CCC(O)(c2ccc(OC(C)C)cc2)CC1. The van der Waals surface area contributed by atoms with Gasteiger partial charge < -0.3 is 9.84 Å². The summed E-state index contributed by atoms with van der Waals surface area (Å²) in [5.74, 6) is 1.69. The number of ether oxygens (including phenoxy) is 1. The van der Waals surface area contributed by atoms with Crippen molar-refractivity contribution < 1.29 is 9.84 Å². The summed E-state index contributed by atoms with van der Waals surface area (Å²) in [4.78, 5) is 0. The summed E-state index contributed by atoms with van der Waals surface area (Å²) in [5, 5.41) is 10.9. The Morgan fingerprint density at radius 2 is 1.80 bits per heavy atom. The van der Waals surface area contributed by atoms with Crippen LogP contribution in [0.25, 0.3) is 0 Å². The third-order valence-corrected chi connectivity index (χ3v) is 4.39. The van der Waals surface area contributed by atoms with Crippen LogP contribution in [0.3, 0.4) is 0 Å². The summed E-state index contributed by atoms with van der Waals surface area (Å²) in [6, 6.07) is 8.01. The minimum absolute atomic E-state index is 0.188. The predicted molar refractivity (Wildman–Crippen MR) is 83.0 cm³/mol. The molecule has 0 bridgehead atoms. The van der Waals surface area contributed by atoms with Gasteiger partial charge in [0.15, 0.2) is 0 Å². The van der Waals surface area contributed by atoms with Gasteiger partial charge in [0.05, 0.1) is 11.7 Å². The number of hydrogen-bond donors (Lipinski definition) is 1. The second-order valence-electron chi connectivity index (χ2n) is 6.45. The van der Waals surface area contributed by atoms with Crippen molar-refractivity contribution in [2.75, 3.05) is 0 Å². The Bertz CT molecular complexity index is 400. The van der Waals surface area contributed by atoms with Crippen LogP contribution in [-0.2, 0) is 5.60 Å². The Labute approximate surface area is 123 Å². The molecule has 0 atom stereocenters. The Kier molecular flexibility index (Phi) is 5.09. The summed E-state index contributed by atoms with van der Waals surface area (Å²) in [5.41, 5.74) is 0.421. The minimum Gasteiger partial charge on any atom is -0.491 e. The number of hydrogen-bond acceptors (Lipinski definition) is 2. The van der Waals surface area contributed by atoms with Gasteiger partial charge in [-0.1, -0.05) is 31.9 Å². The van der Waals surface area contributed by atoms with Gasteiger partial charge in [-0.05, 0) is 63.1 Å². The molecule has 1 aromatic carbocycles. The molecule has 0 aliphatic heterocycles. The van der Waals surface area contributed by atoms with E-state index in [2.05, 4.69) is 6.92 Å². The fourth-order valence-corrected chi connectivity index (χ4v) is 3.26. The van der Waals surface area contributed by atoms with Crippen LogP contribution in [0.4, 0.5) is 0 Å². The largest absolute Gasteiger partial charge is 0.491 e. The molecule has 1 aromatic rings. The van der Waals surface area contributed by atoms with E-state index in [0.717, 1.165) is 42.9 Å². The van der Waals surface area contributed by atoms with E-state index in [9.17, 15) is 5.11 Å². The first kappa shape index (κ1) is 15.4. The standard InChI is InChI=1S/C18H28O2/c1-4-5-15-10-12-18(19,13-11-15)16-6-8-17(9-7-16)20-14(2)3/h6-9,14-15,19H,4-5,10-13H2,1-3H3. The lowest BCUT2D eigenvalue weighted by molar-refractivity contribution is -0.0152. The Morgan fingerprint density at radius 1 is 1.20 bits per heavy atom. The normalized spacial score (nSPS) is 26.8. The molecule has 0 spiro atoms. The van der Waals surface area contributed by atoms with Gasteiger partial charge in [0.2, 0.25) is 0 Å². The van der Waals surface area contributed by atoms with Crippen LogP contribution in [0.2, 0.25) is 0 Å². The second kappa shape index (κ2) is 6.62. The molecule has 1 N–H and O–H groups in total. The summed E-state index contributed by atoms with van der Waals surface area (Å²) < 4.78 is 5.66. The molecule has 0 saturated heterocycles. The highest BCUT2D eigenvalue weighted by atomic mass is 16.5. The van der Waals surface area contributed by atoms with Crippen molar-refractivity contribution in [2.45, 2.75) is 71.0 Å². The minimum atomic E-state index is -0.624. The van der Waals surface area contributed by atoms with Gasteiger partial charge in [0.25, 0.3) is 0 Å². The fourth-order valence-electron chi connectivity index (χ4n) is 3.26. The Balaban J connectivity index is 2.00. The number of aliphatic hydroxyl groups is 1. The van der Waals surface area contributed by atoms with Crippen LogP contribution >= 0.6 is 0 Å². The molecule has 1 aliphatic rings. The molecule has 0 aromatic heterocycles. The first-order chi connectivity index (χ1) is 9.53. The molecule has 2 heteroatoms. The molecule has 112 valence electrons. The maximum absolute atomic E-state index is 10.9. The van der Waals surface area contributed by atoms with Crippen molar-refractivity contribution >= 4 is 0 Å². The zero-order valence-electron chi connectivity index (χ0n) is 13.1. The zero-order valence-corrected chi connectivity index (χ0v) is 13.1. The van der Waals surface area contributed by atoms with Crippen LogP contribution in [0.1, 0.15) is 64.9 Å². The summed E-state index contributed by atoms with van der Waals surface area (Å²) in [6.07, 6.45) is 6.82. The van der Waals surface area contributed by atoms with Crippen LogP contribution in [0.15, 0.2) is 24.3 Å². The lowest BCUT2D eigenvalue weighted by Crippen LogP contribution is -2.31. The first-order valence-corrected chi connectivity index (χ1v) is 8.03. The predicted octanol–water partition coefficient (Wildman–Crippen LogP) is 4.65. The molecule has 0 radical (unpaired) electrons. The third-order valence-electron chi connectivity index (χ3n) is 4.39. The topological polar surface area (TPSA) is 29.5 Å². The molecule has 0 heterocycles. The summed E-state index contributed by atoms with van der Waals surface area (Å²) >= 11 is 0. The maximum atomic E-state index is 10.9. The van der Waals surface area contributed by atoms with Crippen LogP contribution < -0.4 is 4.74 Å². The van der Waals surface area contributed by atoms with Gasteiger partial charge in [-0.3, -0.25) is 0 Å². The van der Waals surface area contributed by atoms with E-state index in [4.69, 9.17) is 4.74 Å². The van der Waals surface area contributed by atoms with Crippen LogP contribution in [0.5, 0.6) is 5.75 Å². The molecule has 2 nitrogen and oxygen atoms in total. The van der Waals surface area contributed by atoms with Gasteiger partial charge in [-0.25, -0.2) is 0 Å². The van der Waals surface area contributed by atoms with Crippen molar-refractivity contribution in [3.63, 3.8) is 0 Å². The molecule has 1 aliphatic carbocycles. The van der Waals surface area contributed by atoms with Crippen LogP contribution in [-0.4, -0.2) is 11.2 Å². The van der Waals surface area contributed by atoms with E-state index >= 15 is 0 Å². The highest BCUT2D eigenvalue weighted by molar-refractivity contribution is 5.31. The van der Waals surface area contributed by atoms with Crippen LogP contribution in [0, 0.1) is 5.92 Å². The van der Waals surface area contributed by atoms with Crippen molar-refractivity contribution in [1.29, 1.82) is 0 Å². The van der Waals surface area contributed by atoms with Crippen molar-refractivity contribution in [2.24, 2.45) is 5.92 Å². The van der Waals surface area contributed by atoms with E-state index < -0.39 is 5.60 Å². The molecule has 2 rings (SSSR count). The van der Waals surface area contributed by atoms with Crippen molar-refractivity contribution in [3.05, 3.63) is 29.8 Å². The van der Waals surface area contributed by atoms with Gasteiger partial charge >= 0.3 is 0 Å². The number of benzene rings is 1. The Hall–Kier alpha value is -1.02. The molecule has 1 fully saturated rings. The lowest BCUT2D eigenvalue weighted by atomic mass is 9.74. The maximum Gasteiger partial charge on any atom is 0.119 e. The van der Waals surface area contributed by atoms with E-state index in [0.29, 0.717) is 0 Å². The molecular weight excluding hydrogens is 248 g/mol. The monoisotopic (exact) mass is 276 g/mol. The van der Waals surface area contributed by atoms with E-state index in [1.54, 1.807) is 0 Å². The third kappa shape index (κ3) is 3.76. The quantitative estimate of drug-likeness (QED) is 0.848. The summed E-state index contributed by atoms with van der Waals surface area (Å²) in [7, 11) is 0. The van der Waals surface area contributed by atoms with Crippen molar-refractivity contribution in [1.82, 2.24) is 0 Å². The smallest absolute Gasteiger partial charge is 0.119 e. The highest BCUT2D eigenvalue weighted by Crippen LogP contribution is 2.41. The van der Waals surface area contributed by atoms with Gasteiger partial charge in [-0.2, -0.15) is 0 Å². The van der Waals surface area contributed by atoms with Gasteiger partial charge in [-0.15, -0.1) is 0 Å². The van der Waals surface area contributed by atoms with E-state index in [1.165, 1.54) is 12.8 Å². The number of rotatable bonds is 5. The Morgan fingerprint density at radius 3 is 2.30 bits per heavy atom. The molecule has 20 heavy (non-hydrogen) atoms. The molecule has 0 unspecified atom stereocenters. The van der Waals surface area contributed by atoms with E-state index in [-0.39, 0.29) is 6.10 Å². The summed E-state index contributed by atoms with van der Waals surface area (Å²) in [6.45, 7) is 6.29. The molecular formula is C18H28O2. The van der Waals surface area contributed by atoms with Gasteiger partial charge in [0, 0.05) is 0 Å². The second-order valence-corrected chi connectivity index (χ2v) is 6.45. The average Bonchev–Trinajstić information content (AvgIpc) is 2.42. The average molecular weight is 276 g/mol. The zero-order chi connectivity index (χ0) is 14.6. The molecule has 0 amide bonds. The lowest BCUT2D eigenvalue weighted by Gasteiger charge is -2.36. The molecule has 1 saturated carbocycles. The highest BCUT2D eigenvalue weighted by Gasteiger charge is 2.34. The van der Waals surface area contributed by atoms with Crippen molar-refractivity contribution in [3.8, 4) is 5.75 Å². The first-order valence-electron chi connectivity index (χ1n) is 8.03.